The molecule has 0 atom stereocenters. The van der Waals surface area contributed by atoms with Crippen molar-refractivity contribution in [3.63, 3.8) is 0 Å². The highest BCUT2D eigenvalue weighted by Crippen LogP contribution is 2.33. The average molecular weight is 459 g/mol. The third kappa shape index (κ3) is 5.22. The van der Waals surface area contributed by atoms with Crippen molar-refractivity contribution in [1.82, 2.24) is 25.1 Å². The van der Waals surface area contributed by atoms with Gasteiger partial charge in [0.1, 0.15) is 22.2 Å². The van der Waals surface area contributed by atoms with Gasteiger partial charge in [-0.25, -0.2) is 9.97 Å². The summed E-state index contributed by atoms with van der Waals surface area (Å²) in [7, 11) is 0. The van der Waals surface area contributed by atoms with E-state index in [1.807, 2.05) is 32.0 Å². The number of hydrogen-bond acceptors (Lipinski definition) is 8. The third-order valence-electron chi connectivity index (χ3n) is 4.22. The Bertz CT molecular complexity index is 1230. The number of nitrogens with zero attached hydrogens (tertiary/aromatic N) is 5. The number of ether oxygens (including phenoxy) is 1. The topological polar surface area (TPSA) is 86.8 Å². The zero-order valence-electron chi connectivity index (χ0n) is 16.9. The van der Waals surface area contributed by atoms with Gasteiger partial charge >= 0.3 is 6.18 Å². The molecule has 0 spiro atoms. The number of rotatable bonds is 6. The first-order chi connectivity index (χ1) is 15.3. The molecule has 0 radical (unpaired) electrons. The quantitative estimate of drug-likeness (QED) is 0.360. The van der Waals surface area contributed by atoms with E-state index in [2.05, 4.69) is 25.1 Å². The van der Waals surface area contributed by atoms with Crippen LogP contribution in [0.15, 0.2) is 63.3 Å². The molecule has 0 saturated heterocycles. The summed E-state index contributed by atoms with van der Waals surface area (Å²) in [6, 6.07) is 11.4. The van der Waals surface area contributed by atoms with Crippen LogP contribution in [-0.2, 0) is 12.8 Å². The summed E-state index contributed by atoms with van der Waals surface area (Å²) in [5, 5.41) is 7.79. The van der Waals surface area contributed by atoms with E-state index in [1.54, 1.807) is 12.1 Å². The maximum Gasteiger partial charge on any atom is 0.433 e. The van der Waals surface area contributed by atoms with Crippen LogP contribution in [0.3, 0.4) is 0 Å². The molecule has 0 amide bonds. The predicted octanol–water partition coefficient (Wildman–Crippen LogP) is 5.29. The van der Waals surface area contributed by atoms with Crippen LogP contribution >= 0.6 is 11.8 Å². The van der Waals surface area contributed by atoms with Gasteiger partial charge in [0.15, 0.2) is 12.4 Å². The Morgan fingerprint density at radius 2 is 1.88 bits per heavy atom. The van der Waals surface area contributed by atoms with Gasteiger partial charge < -0.3 is 9.15 Å². The van der Waals surface area contributed by atoms with E-state index in [9.17, 15) is 13.2 Å². The molecule has 1 aromatic carbocycles. The van der Waals surface area contributed by atoms with Crippen LogP contribution in [0.5, 0.6) is 5.75 Å². The van der Waals surface area contributed by atoms with Crippen LogP contribution in [0, 0.1) is 13.8 Å². The molecule has 11 heteroatoms. The first-order valence-electron chi connectivity index (χ1n) is 9.36. The van der Waals surface area contributed by atoms with E-state index in [-0.39, 0.29) is 34.3 Å². The van der Waals surface area contributed by atoms with Gasteiger partial charge in [-0.15, -0.1) is 10.2 Å². The van der Waals surface area contributed by atoms with Gasteiger partial charge in [0, 0.05) is 12.3 Å². The summed E-state index contributed by atoms with van der Waals surface area (Å²) in [6.45, 7) is 3.88. The van der Waals surface area contributed by atoms with Crippen molar-refractivity contribution in [2.75, 3.05) is 0 Å². The lowest BCUT2D eigenvalue weighted by Crippen LogP contribution is -2.10. The summed E-state index contributed by atoms with van der Waals surface area (Å²) in [5.74, 6) is 0.715. The maximum atomic E-state index is 13.3. The standard InChI is InChI=1S/C21H16F3N5O2S/c1-12-6-7-13(2)15(9-12)30-11-17-28-29-20(31-17)32-18-10-16(21(22,23)24)26-19(27-18)14-5-3-4-8-25-14/h3-10H,11H2,1-2H3. The molecule has 0 unspecified atom stereocenters. The molecule has 0 fully saturated rings. The number of alkyl halides is 3. The molecular formula is C21H16F3N5O2S. The molecule has 4 rings (SSSR count). The van der Waals surface area contributed by atoms with Gasteiger partial charge in [-0.05, 0) is 54.9 Å². The molecule has 3 heterocycles. The van der Waals surface area contributed by atoms with E-state index < -0.39 is 11.9 Å². The number of benzene rings is 1. The lowest BCUT2D eigenvalue weighted by Gasteiger charge is -2.09. The van der Waals surface area contributed by atoms with Gasteiger partial charge in [-0.3, -0.25) is 4.98 Å². The predicted molar refractivity (Wildman–Crippen MR) is 109 cm³/mol. The second kappa shape index (κ2) is 8.95. The molecule has 3 aromatic heterocycles. The van der Waals surface area contributed by atoms with Gasteiger partial charge in [0.25, 0.3) is 11.1 Å². The molecule has 0 bridgehead atoms. The Balaban J connectivity index is 1.54. The van der Waals surface area contributed by atoms with Gasteiger partial charge in [0.2, 0.25) is 0 Å². The molecule has 4 aromatic rings. The van der Waals surface area contributed by atoms with Crippen LogP contribution in [0.2, 0.25) is 0 Å². The van der Waals surface area contributed by atoms with E-state index in [0.717, 1.165) is 29.0 Å². The number of halogens is 3. The van der Waals surface area contributed by atoms with Crippen LogP contribution in [0.4, 0.5) is 13.2 Å². The second-order valence-electron chi connectivity index (χ2n) is 6.75. The molecule has 0 aliphatic rings. The highest BCUT2D eigenvalue weighted by atomic mass is 32.2. The second-order valence-corrected chi connectivity index (χ2v) is 7.72. The highest BCUT2D eigenvalue weighted by Gasteiger charge is 2.34. The van der Waals surface area contributed by atoms with Crippen molar-refractivity contribution in [3.05, 3.63) is 71.4 Å². The Labute approximate surface area is 185 Å². The monoisotopic (exact) mass is 459 g/mol. The molecule has 0 aliphatic heterocycles. The fourth-order valence-corrected chi connectivity index (χ4v) is 3.36. The first kappa shape index (κ1) is 21.8. The Kier molecular flexibility index (Phi) is 6.08. The number of hydrogen-bond donors (Lipinski definition) is 0. The largest absolute Gasteiger partial charge is 0.484 e. The third-order valence-corrected chi connectivity index (χ3v) is 4.98. The van der Waals surface area contributed by atoms with E-state index >= 15 is 0 Å². The van der Waals surface area contributed by atoms with Gasteiger partial charge in [-0.1, -0.05) is 18.2 Å². The van der Waals surface area contributed by atoms with Crippen LogP contribution in [0.25, 0.3) is 11.5 Å². The molecule has 7 nitrogen and oxygen atoms in total. The molecule has 0 N–H and O–H groups in total. The summed E-state index contributed by atoms with van der Waals surface area (Å²) in [5.41, 5.74) is 1.12. The van der Waals surface area contributed by atoms with Crippen molar-refractivity contribution in [1.29, 1.82) is 0 Å². The average Bonchev–Trinajstić information content (AvgIpc) is 3.21. The summed E-state index contributed by atoms with van der Waals surface area (Å²) in [4.78, 5) is 11.8. The minimum Gasteiger partial charge on any atom is -0.484 e. The number of aromatic nitrogens is 5. The molecule has 0 aliphatic carbocycles. The van der Waals surface area contributed by atoms with Crippen LogP contribution in [0.1, 0.15) is 22.7 Å². The molecule has 0 saturated carbocycles. The lowest BCUT2D eigenvalue weighted by atomic mass is 10.1. The Morgan fingerprint density at radius 3 is 2.62 bits per heavy atom. The molecular weight excluding hydrogens is 443 g/mol. The van der Waals surface area contributed by atoms with E-state index in [1.165, 1.54) is 12.3 Å². The summed E-state index contributed by atoms with van der Waals surface area (Å²) in [6.07, 6.45) is -3.20. The number of aryl methyl sites for hydroxylation is 2. The normalized spacial score (nSPS) is 11.5. The lowest BCUT2D eigenvalue weighted by molar-refractivity contribution is -0.141. The molecule has 164 valence electrons. The minimum absolute atomic E-state index is 0.00127. The van der Waals surface area contributed by atoms with E-state index in [0.29, 0.717) is 5.75 Å². The van der Waals surface area contributed by atoms with Crippen molar-refractivity contribution in [2.24, 2.45) is 0 Å². The Hall–Kier alpha value is -3.47. The number of pyridine rings is 1. The van der Waals surface area contributed by atoms with Crippen LogP contribution < -0.4 is 4.74 Å². The van der Waals surface area contributed by atoms with Crippen molar-refractivity contribution in [3.8, 4) is 17.3 Å². The van der Waals surface area contributed by atoms with Crippen molar-refractivity contribution < 1.29 is 22.3 Å². The smallest absolute Gasteiger partial charge is 0.433 e. The first-order valence-corrected chi connectivity index (χ1v) is 10.2. The van der Waals surface area contributed by atoms with Crippen molar-refractivity contribution in [2.45, 2.75) is 36.9 Å². The molecule has 32 heavy (non-hydrogen) atoms. The maximum absolute atomic E-state index is 13.3. The summed E-state index contributed by atoms with van der Waals surface area (Å²) >= 11 is 0.800. The van der Waals surface area contributed by atoms with Gasteiger partial charge in [-0.2, -0.15) is 13.2 Å². The van der Waals surface area contributed by atoms with Gasteiger partial charge in [0.05, 0.1) is 0 Å². The fraction of sp³-hybridized carbons (Fsp3) is 0.190. The summed E-state index contributed by atoms with van der Waals surface area (Å²) < 4.78 is 51.3. The minimum atomic E-state index is -4.65. The fourth-order valence-electron chi connectivity index (χ4n) is 2.66. The highest BCUT2D eigenvalue weighted by molar-refractivity contribution is 7.99. The zero-order valence-corrected chi connectivity index (χ0v) is 17.7. The SMILES string of the molecule is Cc1ccc(C)c(OCc2nnc(Sc3cc(C(F)(F)F)nc(-c4ccccn4)n3)o2)c1. The van der Waals surface area contributed by atoms with Crippen LogP contribution in [-0.4, -0.2) is 25.1 Å². The zero-order chi connectivity index (χ0) is 22.7. The van der Waals surface area contributed by atoms with Crippen molar-refractivity contribution >= 4 is 11.8 Å². The Morgan fingerprint density at radius 1 is 1.03 bits per heavy atom. The van der Waals surface area contributed by atoms with E-state index in [4.69, 9.17) is 9.15 Å².